The standard InChI is InChI=1S/C11H12ClN5O2/c1-11(2,3)9(19)17-10-15-7-6(8(18)16-10)14-5(12)4-13-7/h4H,1-3H3,(H2,13,15,16,17,18,19). The Morgan fingerprint density at radius 3 is 2.68 bits per heavy atom. The van der Waals surface area contributed by atoms with Gasteiger partial charge in [-0.05, 0) is 0 Å². The minimum absolute atomic E-state index is 0.0289. The summed E-state index contributed by atoms with van der Waals surface area (Å²) in [5, 5.41) is 2.63. The Labute approximate surface area is 113 Å². The van der Waals surface area contributed by atoms with Crippen molar-refractivity contribution >= 4 is 34.6 Å². The smallest absolute Gasteiger partial charge is 0.280 e. The van der Waals surface area contributed by atoms with Crippen LogP contribution in [0.2, 0.25) is 5.15 Å². The second kappa shape index (κ2) is 4.58. The van der Waals surface area contributed by atoms with E-state index in [1.165, 1.54) is 6.20 Å². The van der Waals surface area contributed by atoms with E-state index in [1.54, 1.807) is 20.8 Å². The fraction of sp³-hybridized carbons (Fsp3) is 0.364. The summed E-state index contributed by atoms with van der Waals surface area (Å²) in [5.41, 5.74) is -0.957. The summed E-state index contributed by atoms with van der Waals surface area (Å²) in [4.78, 5) is 37.7. The first-order chi connectivity index (χ1) is 8.77. The van der Waals surface area contributed by atoms with Gasteiger partial charge in [-0.3, -0.25) is 19.9 Å². The second-order valence-corrected chi connectivity index (χ2v) is 5.37. The van der Waals surface area contributed by atoms with Crippen LogP contribution in [0.4, 0.5) is 5.95 Å². The van der Waals surface area contributed by atoms with Crippen LogP contribution in [0.15, 0.2) is 11.0 Å². The average Bonchev–Trinajstić information content (AvgIpc) is 2.29. The van der Waals surface area contributed by atoms with E-state index < -0.39 is 11.0 Å². The SMILES string of the molecule is CC(C)(C)C(=O)Nc1nc2ncc(Cl)nc2c(=O)[nH]1. The molecule has 2 heterocycles. The summed E-state index contributed by atoms with van der Waals surface area (Å²) >= 11 is 5.65. The number of nitrogens with zero attached hydrogens (tertiary/aromatic N) is 3. The monoisotopic (exact) mass is 281 g/mol. The van der Waals surface area contributed by atoms with Crippen LogP contribution in [0.25, 0.3) is 11.2 Å². The molecule has 0 saturated heterocycles. The maximum Gasteiger partial charge on any atom is 0.280 e. The average molecular weight is 282 g/mol. The van der Waals surface area contributed by atoms with Gasteiger partial charge >= 0.3 is 0 Å². The molecule has 2 aromatic heterocycles. The lowest BCUT2D eigenvalue weighted by molar-refractivity contribution is -0.123. The van der Waals surface area contributed by atoms with Crippen molar-refractivity contribution in [3.63, 3.8) is 0 Å². The Bertz CT molecular complexity index is 704. The lowest BCUT2D eigenvalue weighted by Crippen LogP contribution is -2.29. The summed E-state index contributed by atoms with van der Waals surface area (Å²) in [7, 11) is 0. The Balaban J connectivity index is 2.45. The van der Waals surface area contributed by atoms with E-state index >= 15 is 0 Å². The Morgan fingerprint density at radius 1 is 1.37 bits per heavy atom. The van der Waals surface area contributed by atoms with Crippen molar-refractivity contribution in [2.24, 2.45) is 5.41 Å². The van der Waals surface area contributed by atoms with Crippen molar-refractivity contribution < 1.29 is 4.79 Å². The number of halogens is 1. The zero-order valence-corrected chi connectivity index (χ0v) is 11.4. The molecule has 8 heteroatoms. The van der Waals surface area contributed by atoms with Crippen LogP contribution in [0.3, 0.4) is 0 Å². The van der Waals surface area contributed by atoms with E-state index in [9.17, 15) is 9.59 Å². The van der Waals surface area contributed by atoms with Gasteiger partial charge < -0.3 is 0 Å². The molecule has 2 N–H and O–H groups in total. The molecule has 0 atom stereocenters. The van der Waals surface area contributed by atoms with Crippen LogP contribution < -0.4 is 10.9 Å². The topological polar surface area (TPSA) is 101 Å². The molecule has 0 unspecified atom stereocenters. The van der Waals surface area contributed by atoms with Crippen LogP contribution in [-0.2, 0) is 4.79 Å². The number of hydrogen-bond donors (Lipinski definition) is 2. The number of aromatic nitrogens is 4. The highest BCUT2D eigenvalue weighted by Gasteiger charge is 2.22. The molecule has 0 spiro atoms. The Kier molecular flexibility index (Phi) is 3.23. The molecule has 0 aliphatic carbocycles. The molecule has 0 bridgehead atoms. The van der Waals surface area contributed by atoms with E-state index in [0.29, 0.717) is 0 Å². The highest BCUT2D eigenvalue weighted by molar-refractivity contribution is 6.29. The lowest BCUT2D eigenvalue weighted by atomic mass is 9.96. The molecule has 0 aliphatic rings. The number of aromatic amines is 1. The third-order valence-electron chi connectivity index (χ3n) is 2.30. The molecule has 0 aliphatic heterocycles. The van der Waals surface area contributed by atoms with Crippen molar-refractivity contribution in [1.82, 2.24) is 19.9 Å². The lowest BCUT2D eigenvalue weighted by Gasteiger charge is -2.16. The predicted octanol–water partition coefficient (Wildman–Crippen LogP) is 1.35. The minimum Gasteiger partial charge on any atom is -0.296 e. The molecular formula is C11H12ClN5O2. The summed E-state index contributed by atoms with van der Waals surface area (Å²) in [5.74, 6) is -0.231. The molecule has 2 rings (SSSR count). The minimum atomic E-state index is -0.598. The number of hydrogen-bond acceptors (Lipinski definition) is 5. The fourth-order valence-corrected chi connectivity index (χ4v) is 1.38. The summed E-state index contributed by atoms with van der Waals surface area (Å²) in [6, 6.07) is 0. The van der Waals surface area contributed by atoms with Crippen LogP contribution in [0, 0.1) is 5.41 Å². The highest BCUT2D eigenvalue weighted by atomic mass is 35.5. The van der Waals surface area contributed by atoms with Crippen molar-refractivity contribution in [3.8, 4) is 0 Å². The zero-order valence-electron chi connectivity index (χ0n) is 10.6. The molecule has 0 radical (unpaired) electrons. The number of carbonyl (C=O) groups excluding carboxylic acids is 1. The van der Waals surface area contributed by atoms with E-state index in [0.717, 1.165) is 0 Å². The Morgan fingerprint density at radius 2 is 2.05 bits per heavy atom. The van der Waals surface area contributed by atoms with Gasteiger partial charge in [0.1, 0.15) is 5.15 Å². The number of H-pyrrole nitrogens is 1. The first kappa shape index (κ1) is 13.4. The summed E-state index contributed by atoms with van der Waals surface area (Å²) < 4.78 is 0. The number of amides is 1. The first-order valence-electron chi connectivity index (χ1n) is 5.51. The van der Waals surface area contributed by atoms with Crippen LogP contribution in [-0.4, -0.2) is 25.8 Å². The molecule has 1 amide bonds. The zero-order chi connectivity index (χ0) is 14.2. The van der Waals surface area contributed by atoms with Crippen molar-refractivity contribution in [2.75, 3.05) is 5.32 Å². The fourth-order valence-electron chi connectivity index (χ4n) is 1.25. The first-order valence-corrected chi connectivity index (χ1v) is 5.89. The quantitative estimate of drug-likeness (QED) is 0.822. The summed E-state index contributed by atoms with van der Waals surface area (Å²) in [6.07, 6.45) is 1.28. The van der Waals surface area contributed by atoms with Crippen LogP contribution in [0.1, 0.15) is 20.8 Å². The van der Waals surface area contributed by atoms with Crippen LogP contribution >= 0.6 is 11.6 Å². The molecule has 7 nitrogen and oxygen atoms in total. The molecule has 19 heavy (non-hydrogen) atoms. The van der Waals surface area contributed by atoms with E-state index in [2.05, 4.69) is 25.3 Å². The maximum atomic E-state index is 11.8. The number of rotatable bonds is 1. The number of nitrogens with one attached hydrogen (secondary N) is 2. The van der Waals surface area contributed by atoms with E-state index in [-0.39, 0.29) is 28.2 Å². The highest BCUT2D eigenvalue weighted by Crippen LogP contribution is 2.15. The third kappa shape index (κ3) is 2.87. The van der Waals surface area contributed by atoms with Gasteiger partial charge in [0.2, 0.25) is 11.9 Å². The van der Waals surface area contributed by atoms with Gasteiger partial charge in [0, 0.05) is 5.41 Å². The largest absolute Gasteiger partial charge is 0.296 e. The molecule has 2 aromatic rings. The molecule has 100 valence electrons. The van der Waals surface area contributed by atoms with Crippen molar-refractivity contribution in [1.29, 1.82) is 0 Å². The maximum absolute atomic E-state index is 11.8. The molecule has 0 fully saturated rings. The van der Waals surface area contributed by atoms with Crippen molar-refractivity contribution in [3.05, 3.63) is 21.7 Å². The van der Waals surface area contributed by atoms with Gasteiger partial charge in [0.05, 0.1) is 6.20 Å². The molecular weight excluding hydrogens is 270 g/mol. The second-order valence-electron chi connectivity index (χ2n) is 4.98. The van der Waals surface area contributed by atoms with Gasteiger partial charge in [-0.1, -0.05) is 32.4 Å². The number of carbonyl (C=O) groups is 1. The van der Waals surface area contributed by atoms with Gasteiger partial charge in [0.15, 0.2) is 11.2 Å². The van der Waals surface area contributed by atoms with E-state index in [4.69, 9.17) is 11.6 Å². The van der Waals surface area contributed by atoms with Gasteiger partial charge in [-0.25, -0.2) is 9.97 Å². The Hall–Kier alpha value is -2.02. The normalized spacial score (nSPS) is 11.6. The van der Waals surface area contributed by atoms with E-state index in [1.807, 2.05) is 0 Å². The van der Waals surface area contributed by atoms with Gasteiger partial charge in [0.25, 0.3) is 5.56 Å². The molecule has 0 saturated carbocycles. The van der Waals surface area contributed by atoms with Crippen LogP contribution in [0.5, 0.6) is 0 Å². The third-order valence-corrected chi connectivity index (χ3v) is 2.48. The number of anilines is 1. The molecule has 0 aromatic carbocycles. The van der Waals surface area contributed by atoms with Gasteiger partial charge in [-0.15, -0.1) is 0 Å². The predicted molar refractivity (Wildman–Crippen MR) is 71.0 cm³/mol. The van der Waals surface area contributed by atoms with Crippen molar-refractivity contribution in [2.45, 2.75) is 20.8 Å². The number of fused-ring (bicyclic) bond motifs is 1. The van der Waals surface area contributed by atoms with Gasteiger partial charge in [-0.2, -0.15) is 4.98 Å². The summed E-state index contributed by atoms with van der Waals surface area (Å²) in [6.45, 7) is 5.25.